The second-order valence-electron chi connectivity index (χ2n) is 5.69. The molecule has 8 nitrogen and oxygen atoms in total. The molecule has 0 radical (unpaired) electrons. The molecule has 8 heteroatoms. The largest absolute Gasteiger partial charge is 0.465 e. The van der Waals surface area contributed by atoms with E-state index in [0.717, 1.165) is 0 Å². The number of fused-ring (bicyclic) bond motifs is 1. The number of nitrogens with one attached hydrogen (secondary N) is 1. The van der Waals surface area contributed by atoms with E-state index in [-0.39, 0.29) is 18.4 Å². The van der Waals surface area contributed by atoms with E-state index in [1.165, 1.54) is 0 Å². The smallest absolute Gasteiger partial charge is 0.415 e. The van der Waals surface area contributed by atoms with Crippen molar-refractivity contribution in [3.8, 4) is 0 Å². The van der Waals surface area contributed by atoms with E-state index in [9.17, 15) is 14.4 Å². The van der Waals surface area contributed by atoms with Gasteiger partial charge in [0, 0.05) is 6.54 Å². The lowest BCUT2D eigenvalue weighted by Gasteiger charge is -2.18. The predicted molar refractivity (Wildman–Crippen MR) is 85.9 cm³/mol. The van der Waals surface area contributed by atoms with E-state index in [1.54, 1.807) is 24.3 Å². The summed E-state index contributed by atoms with van der Waals surface area (Å²) in [6.45, 7) is 3.52. The number of benzene rings is 1. The maximum Gasteiger partial charge on any atom is 0.415 e. The van der Waals surface area contributed by atoms with Crippen molar-refractivity contribution in [2.75, 3.05) is 13.1 Å². The van der Waals surface area contributed by atoms with Crippen molar-refractivity contribution in [1.82, 2.24) is 15.2 Å². The highest BCUT2D eigenvalue weighted by molar-refractivity contribution is 5.98. The molecule has 1 heterocycles. The molecule has 128 valence electrons. The third-order valence-electron chi connectivity index (χ3n) is 3.34. The Balaban J connectivity index is 1.96. The molecule has 1 aromatic carbocycles. The fraction of sp³-hybridized carbons (Fsp3) is 0.375. The standard InChI is InChI=1S/C16H19N3O5/c1-10(2)7-8-19(16(22)23)15(21)17-9-12(20)14-18-11-5-3-4-6-13(11)24-14/h3-6,10H,7-9H2,1-2H3,(H,17,21)(H,22,23). The van der Waals surface area contributed by atoms with Gasteiger partial charge in [-0.15, -0.1) is 0 Å². The summed E-state index contributed by atoms with van der Waals surface area (Å²) in [5, 5.41) is 11.4. The van der Waals surface area contributed by atoms with Gasteiger partial charge < -0.3 is 14.8 Å². The van der Waals surface area contributed by atoms with Crippen LogP contribution in [-0.2, 0) is 0 Å². The number of urea groups is 1. The van der Waals surface area contributed by atoms with Crippen molar-refractivity contribution in [3.05, 3.63) is 30.2 Å². The van der Waals surface area contributed by atoms with Crippen LogP contribution in [0.3, 0.4) is 0 Å². The Hall–Kier alpha value is -2.90. The van der Waals surface area contributed by atoms with Gasteiger partial charge in [-0.1, -0.05) is 26.0 Å². The number of carbonyl (C=O) groups is 3. The number of aromatic nitrogens is 1. The summed E-state index contributed by atoms with van der Waals surface area (Å²) in [5.41, 5.74) is 1.01. The van der Waals surface area contributed by atoms with Crippen LogP contribution in [0.25, 0.3) is 11.1 Å². The average Bonchev–Trinajstić information content (AvgIpc) is 2.96. The molecule has 1 aromatic heterocycles. The van der Waals surface area contributed by atoms with Gasteiger partial charge in [-0.2, -0.15) is 0 Å². The number of nitrogens with zero attached hydrogens (tertiary/aromatic N) is 2. The minimum absolute atomic E-state index is 0.0654. The van der Waals surface area contributed by atoms with Gasteiger partial charge >= 0.3 is 12.1 Å². The van der Waals surface area contributed by atoms with E-state index in [2.05, 4.69) is 10.3 Å². The Morgan fingerprint density at radius 2 is 2.00 bits per heavy atom. The number of carbonyl (C=O) groups excluding carboxylic acids is 2. The molecule has 2 N–H and O–H groups in total. The zero-order chi connectivity index (χ0) is 17.7. The Morgan fingerprint density at radius 1 is 1.29 bits per heavy atom. The fourth-order valence-electron chi connectivity index (χ4n) is 1.99. The molecule has 24 heavy (non-hydrogen) atoms. The number of para-hydroxylation sites is 2. The van der Waals surface area contributed by atoms with Crippen molar-refractivity contribution in [3.63, 3.8) is 0 Å². The van der Waals surface area contributed by atoms with Crippen molar-refractivity contribution in [2.45, 2.75) is 20.3 Å². The third-order valence-corrected chi connectivity index (χ3v) is 3.34. The average molecular weight is 333 g/mol. The number of hydrogen-bond donors (Lipinski definition) is 2. The van der Waals surface area contributed by atoms with Crippen LogP contribution in [0.1, 0.15) is 31.0 Å². The normalized spacial score (nSPS) is 10.8. The SMILES string of the molecule is CC(C)CCN(C(=O)O)C(=O)NCC(=O)c1nc2ccccc2o1. The molecule has 2 aromatic rings. The first-order valence-corrected chi connectivity index (χ1v) is 7.55. The summed E-state index contributed by atoms with van der Waals surface area (Å²) < 4.78 is 5.31. The molecule has 0 bridgehead atoms. The van der Waals surface area contributed by atoms with Crippen LogP contribution in [0.4, 0.5) is 9.59 Å². The van der Waals surface area contributed by atoms with E-state index < -0.39 is 24.5 Å². The molecular weight excluding hydrogens is 314 g/mol. The predicted octanol–water partition coefficient (Wildman–Crippen LogP) is 2.75. The molecule has 0 fully saturated rings. The van der Waals surface area contributed by atoms with Crippen LogP contribution in [-0.4, -0.2) is 46.0 Å². The first kappa shape index (κ1) is 17.5. The fourth-order valence-corrected chi connectivity index (χ4v) is 1.99. The number of ketones is 1. The third kappa shape index (κ3) is 4.31. The highest BCUT2D eigenvalue weighted by Crippen LogP contribution is 2.14. The molecule has 0 aliphatic rings. The van der Waals surface area contributed by atoms with Crippen LogP contribution in [0.5, 0.6) is 0 Å². The van der Waals surface area contributed by atoms with Crippen molar-refractivity contribution < 1.29 is 23.9 Å². The van der Waals surface area contributed by atoms with Crippen molar-refractivity contribution in [1.29, 1.82) is 0 Å². The van der Waals surface area contributed by atoms with E-state index in [4.69, 9.17) is 9.52 Å². The Bertz CT molecular complexity index is 720. The lowest BCUT2D eigenvalue weighted by atomic mass is 10.1. The van der Waals surface area contributed by atoms with Crippen molar-refractivity contribution in [2.24, 2.45) is 5.92 Å². The van der Waals surface area contributed by atoms with Crippen LogP contribution in [0.2, 0.25) is 0 Å². The maximum atomic E-state index is 12.0. The van der Waals surface area contributed by atoms with Crippen LogP contribution in [0.15, 0.2) is 28.7 Å². The van der Waals surface area contributed by atoms with E-state index in [0.29, 0.717) is 22.4 Å². The minimum atomic E-state index is -1.36. The topological polar surface area (TPSA) is 113 Å². The molecule has 0 unspecified atom stereocenters. The molecule has 0 saturated carbocycles. The Morgan fingerprint density at radius 3 is 2.62 bits per heavy atom. The first-order valence-electron chi connectivity index (χ1n) is 7.55. The summed E-state index contributed by atoms with van der Waals surface area (Å²) >= 11 is 0. The molecular formula is C16H19N3O5. The summed E-state index contributed by atoms with van der Waals surface area (Å²) in [6.07, 6.45) is -0.818. The van der Waals surface area contributed by atoms with Crippen LogP contribution < -0.4 is 5.32 Å². The second-order valence-corrected chi connectivity index (χ2v) is 5.69. The molecule has 0 aliphatic heterocycles. The second kappa shape index (κ2) is 7.58. The van der Waals surface area contributed by atoms with Gasteiger partial charge in [0.15, 0.2) is 5.58 Å². The quantitative estimate of drug-likeness (QED) is 0.786. The summed E-state index contributed by atoms with van der Waals surface area (Å²) in [6, 6.07) is 6.05. The van der Waals surface area contributed by atoms with Crippen molar-refractivity contribution >= 4 is 29.0 Å². The maximum absolute atomic E-state index is 12.0. The highest BCUT2D eigenvalue weighted by atomic mass is 16.4. The first-order chi connectivity index (χ1) is 11.4. The van der Waals surface area contributed by atoms with Gasteiger partial charge in [-0.25, -0.2) is 19.5 Å². The molecule has 0 saturated heterocycles. The summed E-state index contributed by atoms with van der Waals surface area (Å²) in [5.74, 6) is -0.407. The number of oxazole rings is 1. The monoisotopic (exact) mass is 333 g/mol. The molecule has 0 atom stereocenters. The zero-order valence-corrected chi connectivity index (χ0v) is 13.5. The Labute approximate surface area is 138 Å². The number of Topliss-reactive ketones (excluding diaryl/α,β-unsaturated/α-hetero) is 1. The number of rotatable bonds is 6. The van der Waals surface area contributed by atoms with Gasteiger partial charge in [0.05, 0.1) is 6.54 Å². The zero-order valence-electron chi connectivity index (χ0n) is 13.5. The van der Waals surface area contributed by atoms with Crippen LogP contribution >= 0.6 is 0 Å². The van der Waals surface area contributed by atoms with Gasteiger partial charge in [0.1, 0.15) is 5.52 Å². The molecule has 2 rings (SSSR count). The van der Waals surface area contributed by atoms with E-state index >= 15 is 0 Å². The highest BCUT2D eigenvalue weighted by Gasteiger charge is 2.22. The van der Waals surface area contributed by atoms with Gasteiger partial charge in [-0.3, -0.25) is 4.79 Å². The van der Waals surface area contributed by atoms with E-state index in [1.807, 2.05) is 13.8 Å². The minimum Gasteiger partial charge on any atom is -0.465 e. The number of hydrogen-bond acceptors (Lipinski definition) is 5. The summed E-state index contributed by atoms with van der Waals surface area (Å²) in [4.78, 5) is 39.8. The number of carboxylic acid groups (broad SMARTS) is 1. The van der Waals surface area contributed by atoms with Gasteiger partial charge in [0.25, 0.3) is 5.89 Å². The lowest BCUT2D eigenvalue weighted by Crippen LogP contribution is -2.45. The molecule has 0 spiro atoms. The molecule has 3 amide bonds. The lowest BCUT2D eigenvalue weighted by molar-refractivity contribution is 0.0955. The Kier molecular flexibility index (Phi) is 5.51. The number of imide groups is 1. The van der Waals surface area contributed by atoms with Gasteiger partial charge in [0.2, 0.25) is 5.78 Å². The van der Waals surface area contributed by atoms with Crippen LogP contribution in [0, 0.1) is 5.92 Å². The summed E-state index contributed by atoms with van der Waals surface area (Å²) in [7, 11) is 0. The van der Waals surface area contributed by atoms with Gasteiger partial charge in [-0.05, 0) is 24.5 Å². The number of amides is 3. The molecule has 0 aliphatic carbocycles.